The number of halogens is 1. The molecule has 0 amide bonds. The van der Waals surface area contributed by atoms with E-state index in [0.29, 0.717) is 11.3 Å². The topological polar surface area (TPSA) is 52.6 Å². The van der Waals surface area contributed by atoms with Gasteiger partial charge in [0.2, 0.25) is 0 Å². The fourth-order valence-corrected chi connectivity index (χ4v) is 3.36. The molecule has 0 aromatic heterocycles. The summed E-state index contributed by atoms with van der Waals surface area (Å²) in [5, 5.41) is 12.4. The lowest BCUT2D eigenvalue weighted by Gasteiger charge is -2.26. The Kier molecular flexibility index (Phi) is 5.54. The maximum atomic E-state index is 11.1. The number of carboxylic acids is 1. The van der Waals surface area contributed by atoms with Gasteiger partial charge in [-0.25, -0.2) is 4.79 Å². The van der Waals surface area contributed by atoms with Gasteiger partial charge in [-0.3, -0.25) is 4.90 Å². The van der Waals surface area contributed by atoms with Crippen molar-refractivity contribution in [3.63, 3.8) is 0 Å². The Bertz CT molecular complexity index is 450. The number of hydrogen-bond donors (Lipinski definition) is 2. The first-order valence-electron chi connectivity index (χ1n) is 6.23. The van der Waals surface area contributed by atoms with Crippen molar-refractivity contribution in [2.75, 3.05) is 43.0 Å². The van der Waals surface area contributed by atoms with E-state index in [-0.39, 0.29) is 0 Å². The molecule has 2 rings (SSSR count). The van der Waals surface area contributed by atoms with E-state index in [1.54, 1.807) is 12.1 Å². The Morgan fingerprint density at radius 1 is 1.42 bits per heavy atom. The summed E-state index contributed by atoms with van der Waals surface area (Å²) in [5.74, 6) is 1.48. The van der Waals surface area contributed by atoms with Crippen molar-refractivity contribution in [2.24, 2.45) is 0 Å². The first kappa shape index (κ1) is 14.7. The fourth-order valence-electron chi connectivity index (χ4n) is 2.02. The first-order chi connectivity index (χ1) is 9.16. The third-order valence-corrected chi connectivity index (χ3v) is 4.49. The molecule has 1 aromatic carbocycles. The minimum absolute atomic E-state index is 0.317. The number of anilines is 1. The van der Waals surface area contributed by atoms with Crippen molar-refractivity contribution in [1.29, 1.82) is 0 Å². The quantitative estimate of drug-likeness (QED) is 0.859. The molecular weight excluding hydrogens is 328 g/mol. The number of benzene rings is 1. The molecule has 1 fully saturated rings. The molecule has 1 aliphatic heterocycles. The molecule has 0 saturated carbocycles. The molecule has 1 saturated heterocycles. The zero-order valence-corrected chi connectivity index (χ0v) is 13.0. The summed E-state index contributed by atoms with van der Waals surface area (Å²) in [6, 6.07) is 5.18. The highest BCUT2D eigenvalue weighted by atomic mass is 79.9. The molecule has 0 unspecified atom stereocenters. The van der Waals surface area contributed by atoms with E-state index in [0.717, 1.165) is 30.7 Å². The summed E-state index contributed by atoms with van der Waals surface area (Å²) in [5.41, 5.74) is 0.991. The molecule has 6 heteroatoms. The Morgan fingerprint density at radius 2 is 2.16 bits per heavy atom. The number of aromatic carboxylic acids is 1. The van der Waals surface area contributed by atoms with Crippen molar-refractivity contribution in [1.82, 2.24) is 4.90 Å². The highest BCUT2D eigenvalue weighted by Gasteiger charge is 2.12. The molecule has 4 nitrogen and oxygen atoms in total. The molecule has 0 spiro atoms. The van der Waals surface area contributed by atoms with Gasteiger partial charge < -0.3 is 10.4 Å². The van der Waals surface area contributed by atoms with Crippen LogP contribution in [0, 0.1) is 0 Å². The van der Waals surface area contributed by atoms with Crippen LogP contribution >= 0.6 is 27.7 Å². The molecular formula is C13H17BrN2O2S. The number of rotatable bonds is 5. The smallest absolute Gasteiger partial charge is 0.337 e. The maximum absolute atomic E-state index is 11.1. The van der Waals surface area contributed by atoms with Gasteiger partial charge in [0, 0.05) is 47.8 Å². The summed E-state index contributed by atoms with van der Waals surface area (Å²) in [6.45, 7) is 3.96. The number of carbonyl (C=O) groups is 1. The van der Waals surface area contributed by atoms with Crippen LogP contribution in [0.3, 0.4) is 0 Å². The minimum atomic E-state index is -0.899. The van der Waals surface area contributed by atoms with Gasteiger partial charge >= 0.3 is 5.97 Å². The van der Waals surface area contributed by atoms with Crippen molar-refractivity contribution in [3.05, 3.63) is 28.2 Å². The Balaban J connectivity index is 1.91. The second kappa shape index (κ2) is 7.17. The average Bonchev–Trinajstić information content (AvgIpc) is 2.39. The molecule has 0 atom stereocenters. The van der Waals surface area contributed by atoms with E-state index in [4.69, 9.17) is 5.11 Å². The number of thioether (sulfide) groups is 1. The average molecular weight is 345 g/mol. The molecule has 0 aliphatic carbocycles. The van der Waals surface area contributed by atoms with Gasteiger partial charge in [0.05, 0.1) is 5.56 Å². The summed E-state index contributed by atoms with van der Waals surface area (Å²) in [6.07, 6.45) is 0. The second-order valence-corrected chi connectivity index (χ2v) is 6.52. The summed E-state index contributed by atoms with van der Waals surface area (Å²) in [4.78, 5) is 13.5. The number of carboxylic acid groups (broad SMARTS) is 1. The van der Waals surface area contributed by atoms with Crippen LogP contribution in [0.25, 0.3) is 0 Å². The van der Waals surface area contributed by atoms with Gasteiger partial charge in [-0.2, -0.15) is 11.8 Å². The van der Waals surface area contributed by atoms with Crippen LogP contribution < -0.4 is 5.32 Å². The van der Waals surface area contributed by atoms with Gasteiger partial charge in [-0.15, -0.1) is 0 Å². The zero-order valence-electron chi connectivity index (χ0n) is 10.6. The summed E-state index contributed by atoms with van der Waals surface area (Å²) in [7, 11) is 0. The van der Waals surface area contributed by atoms with Crippen LogP contribution in [0.15, 0.2) is 22.7 Å². The number of nitrogens with zero attached hydrogens (tertiary/aromatic N) is 1. The highest BCUT2D eigenvalue weighted by molar-refractivity contribution is 9.10. The van der Waals surface area contributed by atoms with Crippen LogP contribution in [0.1, 0.15) is 10.4 Å². The predicted octanol–water partition coefficient (Wildman–Crippen LogP) is 2.61. The SMILES string of the molecule is O=C(O)c1ccc(Br)cc1NCCN1CCSCC1. The van der Waals surface area contributed by atoms with Gasteiger partial charge in [-0.05, 0) is 18.2 Å². The number of hydrogen-bond acceptors (Lipinski definition) is 4. The lowest BCUT2D eigenvalue weighted by atomic mass is 10.2. The third-order valence-electron chi connectivity index (χ3n) is 3.06. The van der Waals surface area contributed by atoms with Crippen LogP contribution in [-0.4, -0.2) is 53.7 Å². The minimum Gasteiger partial charge on any atom is -0.478 e. The van der Waals surface area contributed by atoms with Gasteiger partial charge in [-0.1, -0.05) is 15.9 Å². The summed E-state index contributed by atoms with van der Waals surface area (Å²) < 4.78 is 0.884. The molecule has 104 valence electrons. The Hall–Kier alpha value is -0.720. The van der Waals surface area contributed by atoms with Gasteiger partial charge in [0.15, 0.2) is 0 Å². The third kappa shape index (κ3) is 4.40. The van der Waals surface area contributed by atoms with Crippen LogP contribution in [0.5, 0.6) is 0 Å². The van der Waals surface area contributed by atoms with Crippen molar-refractivity contribution >= 4 is 39.3 Å². The standard InChI is InChI=1S/C13H17BrN2O2S/c14-10-1-2-11(13(17)18)12(9-10)15-3-4-16-5-7-19-8-6-16/h1-2,9,15H,3-8H2,(H,17,18). The van der Waals surface area contributed by atoms with Crippen molar-refractivity contribution in [2.45, 2.75) is 0 Å². The van der Waals surface area contributed by atoms with E-state index < -0.39 is 5.97 Å². The number of nitrogens with one attached hydrogen (secondary N) is 1. The molecule has 0 radical (unpaired) electrons. The lowest BCUT2D eigenvalue weighted by molar-refractivity contribution is 0.0698. The lowest BCUT2D eigenvalue weighted by Crippen LogP contribution is -2.36. The first-order valence-corrected chi connectivity index (χ1v) is 8.18. The molecule has 0 bridgehead atoms. The largest absolute Gasteiger partial charge is 0.478 e. The van der Waals surface area contributed by atoms with Crippen molar-refractivity contribution < 1.29 is 9.90 Å². The molecule has 1 heterocycles. The normalized spacial score (nSPS) is 16.3. The van der Waals surface area contributed by atoms with Gasteiger partial charge in [0.1, 0.15) is 0 Å². The maximum Gasteiger partial charge on any atom is 0.337 e. The highest BCUT2D eigenvalue weighted by Crippen LogP contribution is 2.21. The van der Waals surface area contributed by atoms with Crippen LogP contribution in [0.2, 0.25) is 0 Å². The molecule has 19 heavy (non-hydrogen) atoms. The van der Waals surface area contributed by atoms with E-state index in [1.165, 1.54) is 11.5 Å². The molecule has 2 N–H and O–H groups in total. The molecule has 1 aliphatic rings. The van der Waals surface area contributed by atoms with Crippen molar-refractivity contribution in [3.8, 4) is 0 Å². The van der Waals surface area contributed by atoms with Crippen LogP contribution in [-0.2, 0) is 0 Å². The van der Waals surface area contributed by atoms with Gasteiger partial charge in [0.25, 0.3) is 0 Å². The zero-order chi connectivity index (χ0) is 13.7. The van der Waals surface area contributed by atoms with E-state index in [2.05, 4.69) is 26.1 Å². The van der Waals surface area contributed by atoms with E-state index in [1.807, 2.05) is 17.8 Å². The molecule has 1 aromatic rings. The van der Waals surface area contributed by atoms with E-state index in [9.17, 15) is 4.79 Å². The fraction of sp³-hybridized carbons (Fsp3) is 0.462. The second-order valence-electron chi connectivity index (χ2n) is 4.38. The predicted molar refractivity (Wildman–Crippen MR) is 83.4 cm³/mol. The summed E-state index contributed by atoms with van der Waals surface area (Å²) >= 11 is 5.36. The Labute approximate surface area is 125 Å². The van der Waals surface area contributed by atoms with Crippen LogP contribution in [0.4, 0.5) is 5.69 Å². The van der Waals surface area contributed by atoms with E-state index >= 15 is 0 Å². The monoisotopic (exact) mass is 344 g/mol. The Morgan fingerprint density at radius 3 is 2.84 bits per heavy atom.